The Balaban J connectivity index is 2.45. The first kappa shape index (κ1) is 7.10. The van der Waals surface area contributed by atoms with E-state index in [9.17, 15) is 0 Å². The summed E-state index contributed by atoms with van der Waals surface area (Å²) in [5, 5.41) is 4.14. The largest absolute Gasteiger partial charge is 0.241 e. The van der Waals surface area contributed by atoms with Crippen LogP contribution in [0.3, 0.4) is 0 Å². The SMILES string of the molecule is [CH2]c1cnn(-c2ccccc2)c1. The van der Waals surface area contributed by atoms with Crippen molar-refractivity contribution in [1.29, 1.82) is 0 Å². The van der Waals surface area contributed by atoms with Gasteiger partial charge in [-0.15, -0.1) is 0 Å². The van der Waals surface area contributed by atoms with Gasteiger partial charge in [0.05, 0.1) is 11.9 Å². The van der Waals surface area contributed by atoms with E-state index < -0.39 is 0 Å². The summed E-state index contributed by atoms with van der Waals surface area (Å²) >= 11 is 0. The lowest BCUT2D eigenvalue weighted by molar-refractivity contribution is 0.880. The van der Waals surface area contributed by atoms with Crippen molar-refractivity contribution in [2.45, 2.75) is 0 Å². The van der Waals surface area contributed by atoms with Gasteiger partial charge >= 0.3 is 0 Å². The molecule has 0 saturated heterocycles. The van der Waals surface area contributed by atoms with Gasteiger partial charge in [0.1, 0.15) is 0 Å². The molecule has 0 N–H and O–H groups in total. The summed E-state index contributed by atoms with van der Waals surface area (Å²) < 4.78 is 1.81. The smallest absolute Gasteiger partial charge is 0.0645 e. The Morgan fingerprint density at radius 2 is 1.92 bits per heavy atom. The number of aromatic nitrogens is 2. The Morgan fingerprint density at radius 1 is 1.17 bits per heavy atom. The van der Waals surface area contributed by atoms with Crippen LogP contribution in [0.25, 0.3) is 5.69 Å². The fraction of sp³-hybridized carbons (Fsp3) is 0. The number of benzene rings is 1. The summed E-state index contributed by atoms with van der Waals surface area (Å²) in [6, 6.07) is 9.97. The molecule has 0 spiro atoms. The van der Waals surface area contributed by atoms with Gasteiger partial charge in [-0.3, -0.25) is 0 Å². The molecule has 0 unspecified atom stereocenters. The predicted octanol–water partition coefficient (Wildman–Crippen LogP) is 2.05. The van der Waals surface area contributed by atoms with Crippen molar-refractivity contribution >= 4 is 0 Å². The van der Waals surface area contributed by atoms with Crippen molar-refractivity contribution in [3.63, 3.8) is 0 Å². The fourth-order valence-electron chi connectivity index (χ4n) is 1.08. The molecule has 2 aromatic rings. The van der Waals surface area contributed by atoms with Crippen LogP contribution in [0.1, 0.15) is 5.56 Å². The standard InChI is InChI=1S/C10H9N2/c1-9-7-11-12(8-9)10-5-3-2-4-6-10/h2-8H,1H2. The Morgan fingerprint density at radius 3 is 2.50 bits per heavy atom. The molecule has 0 aliphatic heterocycles. The van der Waals surface area contributed by atoms with Crippen LogP contribution in [-0.2, 0) is 0 Å². The van der Waals surface area contributed by atoms with Gasteiger partial charge in [0.2, 0.25) is 0 Å². The maximum atomic E-state index is 4.14. The fourth-order valence-corrected chi connectivity index (χ4v) is 1.08. The summed E-state index contributed by atoms with van der Waals surface area (Å²) in [7, 11) is 0. The Bertz CT molecular complexity index is 362. The van der Waals surface area contributed by atoms with Crippen LogP contribution in [0.15, 0.2) is 42.7 Å². The van der Waals surface area contributed by atoms with Gasteiger partial charge in [-0.1, -0.05) is 18.2 Å². The molecule has 0 aliphatic rings. The van der Waals surface area contributed by atoms with Gasteiger partial charge in [0.25, 0.3) is 0 Å². The molecule has 0 amide bonds. The zero-order valence-corrected chi connectivity index (χ0v) is 6.64. The third-order valence-electron chi connectivity index (χ3n) is 1.66. The molecule has 1 radical (unpaired) electrons. The maximum Gasteiger partial charge on any atom is 0.0645 e. The molecule has 1 aromatic carbocycles. The van der Waals surface area contributed by atoms with E-state index >= 15 is 0 Å². The normalized spacial score (nSPS) is 10.1. The van der Waals surface area contributed by atoms with Gasteiger partial charge in [-0.05, 0) is 24.6 Å². The predicted molar refractivity (Wildman–Crippen MR) is 48.0 cm³/mol. The lowest BCUT2D eigenvalue weighted by Crippen LogP contribution is -1.92. The van der Waals surface area contributed by atoms with Gasteiger partial charge in [0.15, 0.2) is 0 Å². The summed E-state index contributed by atoms with van der Waals surface area (Å²) in [6.45, 7) is 3.78. The maximum absolute atomic E-state index is 4.14. The third kappa shape index (κ3) is 1.23. The first-order valence-corrected chi connectivity index (χ1v) is 3.78. The number of para-hydroxylation sites is 1. The minimum Gasteiger partial charge on any atom is -0.241 e. The van der Waals surface area contributed by atoms with E-state index in [0.717, 1.165) is 11.3 Å². The monoisotopic (exact) mass is 157 g/mol. The topological polar surface area (TPSA) is 17.8 Å². The van der Waals surface area contributed by atoms with Crippen LogP contribution in [-0.4, -0.2) is 9.78 Å². The van der Waals surface area contributed by atoms with Crippen LogP contribution in [0, 0.1) is 6.92 Å². The highest BCUT2D eigenvalue weighted by Gasteiger charge is 1.94. The molecular formula is C10H9N2. The average Bonchev–Trinajstić information content (AvgIpc) is 2.54. The molecule has 12 heavy (non-hydrogen) atoms. The molecule has 1 heterocycles. The number of rotatable bonds is 1. The van der Waals surface area contributed by atoms with Crippen LogP contribution >= 0.6 is 0 Å². The van der Waals surface area contributed by atoms with Gasteiger partial charge in [-0.2, -0.15) is 5.10 Å². The molecular weight excluding hydrogens is 148 g/mol. The minimum absolute atomic E-state index is 0.929. The van der Waals surface area contributed by atoms with Crippen LogP contribution < -0.4 is 0 Å². The molecule has 0 fully saturated rings. The van der Waals surface area contributed by atoms with Crippen LogP contribution in [0.5, 0.6) is 0 Å². The van der Waals surface area contributed by atoms with E-state index in [1.165, 1.54) is 0 Å². The van der Waals surface area contributed by atoms with Crippen LogP contribution in [0.4, 0.5) is 0 Å². The highest BCUT2D eigenvalue weighted by Crippen LogP contribution is 2.05. The first-order valence-electron chi connectivity index (χ1n) is 3.78. The number of nitrogens with zero attached hydrogens (tertiary/aromatic N) is 2. The molecule has 0 saturated carbocycles. The summed E-state index contributed by atoms with van der Waals surface area (Å²) in [4.78, 5) is 0. The van der Waals surface area contributed by atoms with Gasteiger partial charge in [0, 0.05) is 6.20 Å². The molecule has 59 valence electrons. The second-order valence-electron chi connectivity index (χ2n) is 2.63. The zero-order chi connectivity index (χ0) is 8.39. The van der Waals surface area contributed by atoms with Gasteiger partial charge in [-0.25, -0.2) is 4.68 Å². The van der Waals surface area contributed by atoms with Crippen molar-refractivity contribution in [3.05, 3.63) is 55.2 Å². The lowest BCUT2D eigenvalue weighted by Gasteiger charge is -1.98. The van der Waals surface area contributed by atoms with E-state index in [1.54, 1.807) is 6.20 Å². The van der Waals surface area contributed by atoms with E-state index in [-0.39, 0.29) is 0 Å². The Hall–Kier alpha value is -1.57. The number of hydrogen-bond donors (Lipinski definition) is 0. The summed E-state index contributed by atoms with van der Waals surface area (Å²) in [6.07, 6.45) is 3.64. The second-order valence-corrected chi connectivity index (χ2v) is 2.63. The van der Waals surface area contributed by atoms with E-state index in [4.69, 9.17) is 0 Å². The average molecular weight is 157 g/mol. The third-order valence-corrected chi connectivity index (χ3v) is 1.66. The van der Waals surface area contributed by atoms with Crippen molar-refractivity contribution in [2.75, 3.05) is 0 Å². The molecule has 0 aliphatic carbocycles. The second kappa shape index (κ2) is 2.81. The van der Waals surface area contributed by atoms with Crippen molar-refractivity contribution < 1.29 is 0 Å². The molecule has 2 rings (SSSR count). The minimum atomic E-state index is 0.929. The lowest BCUT2D eigenvalue weighted by atomic mass is 10.3. The van der Waals surface area contributed by atoms with Crippen molar-refractivity contribution in [2.24, 2.45) is 0 Å². The number of hydrogen-bond acceptors (Lipinski definition) is 1. The molecule has 0 atom stereocenters. The zero-order valence-electron chi connectivity index (χ0n) is 6.64. The Kier molecular flexibility index (Phi) is 1.67. The first-order chi connectivity index (χ1) is 5.86. The Labute approximate surface area is 71.5 Å². The van der Waals surface area contributed by atoms with Crippen molar-refractivity contribution in [3.8, 4) is 5.69 Å². The molecule has 0 bridgehead atoms. The van der Waals surface area contributed by atoms with E-state index in [0.29, 0.717) is 0 Å². The summed E-state index contributed by atoms with van der Waals surface area (Å²) in [5.74, 6) is 0. The summed E-state index contributed by atoms with van der Waals surface area (Å²) in [5.41, 5.74) is 1.99. The van der Waals surface area contributed by atoms with Gasteiger partial charge < -0.3 is 0 Å². The molecule has 2 heteroatoms. The highest BCUT2D eigenvalue weighted by atomic mass is 15.3. The quantitative estimate of drug-likeness (QED) is 0.619. The van der Waals surface area contributed by atoms with E-state index in [1.807, 2.05) is 41.2 Å². The highest BCUT2D eigenvalue weighted by molar-refractivity contribution is 5.31. The molecule has 1 aromatic heterocycles. The van der Waals surface area contributed by atoms with E-state index in [2.05, 4.69) is 12.0 Å². The molecule has 2 nitrogen and oxygen atoms in total. The van der Waals surface area contributed by atoms with Crippen LogP contribution in [0.2, 0.25) is 0 Å². The van der Waals surface area contributed by atoms with Crippen molar-refractivity contribution in [1.82, 2.24) is 9.78 Å².